The Morgan fingerprint density at radius 3 is 1.31 bits per heavy atom. The second-order valence-corrected chi connectivity index (χ2v) is 18.6. The molecule has 1 aromatic carbocycles. The fourth-order valence-electron chi connectivity index (χ4n) is 8.64. The van der Waals surface area contributed by atoms with Crippen molar-refractivity contribution in [1.29, 1.82) is 0 Å². The smallest absolute Gasteiger partial charge is 0.306 e. The first-order chi connectivity index (χ1) is 30.2. The van der Waals surface area contributed by atoms with Crippen LogP contribution in [0.25, 0.3) is 5.57 Å². The summed E-state index contributed by atoms with van der Waals surface area (Å²) in [4.78, 5) is 52.1. The Bertz CT molecular complexity index is 1300. The minimum atomic E-state index is -0.430. The topological polar surface area (TPSA) is 102 Å². The van der Waals surface area contributed by atoms with Crippen molar-refractivity contribution in [2.45, 2.75) is 272 Å². The molecule has 1 N–H and O–H groups in total. The van der Waals surface area contributed by atoms with Crippen LogP contribution in [-0.2, 0) is 19.1 Å². The molecule has 0 fully saturated rings. The first kappa shape index (κ1) is 57.5. The lowest BCUT2D eigenvalue weighted by Gasteiger charge is -2.23. The molecular formula is C54H98N2O6. The van der Waals surface area contributed by atoms with Gasteiger partial charge in [0.05, 0.1) is 11.3 Å². The van der Waals surface area contributed by atoms with E-state index in [1.807, 2.05) is 0 Å². The molecule has 0 heterocycles. The number of hydrogen-bond donors (Lipinski definition) is 1. The second-order valence-electron chi connectivity index (χ2n) is 18.6. The van der Waals surface area contributed by atoms with Crippen LogP contribution in [-0.4, -0.2) is 55.2 Å². The summed E-state index contributed by atoms with van der Waals surface area (Å²) < 4.78 is 11.9. The first-order valence-corrected chi connectivity index (χ1v) is 26.5. The van der Waals surface area contributed by atoms with Crippen LogP contribution < -0.4 is 16.2 Å². The summed E-state index contributed by atoms with van der Waals surface area (Å²) in [7, 11) is 0. The largest absolute Gasteiger partial charge is 0.462 e. The molecule has 1 aromatic rings. The van der Waals surface area contributed by atoms with Crippen LogP contribution >= 0.6 is 0 Å². The van der Waals surface area contributed by atoms with Crippen molar-refractivity contribution in [3.63, 3.8) is 0 Å². The second kappa shape index (κ2) is 40.1. The molecule has 62 heavy (non-hydrogen) atoms. The SMILES string of the molecule is C=C(C)c1c(NCCCN(CCCCCCCC(=O)OC(CC)CCCCCCCC)CCCCCCCC(=O)OC(CCCCCCCC)CCCCCCCC)c(=O)c1=O. The Labute approximate surface area is 381 Å². The summed E-state index contributed by atoms with van der Waals surface area (Å²) in [6, 6.07) is 0. The zero-order valence-electron chi connectivity index (χ0n) is 41.3. The Morgan fingerprint density at radius 1 is 0.500 bits per heavy atom. The molecule has 8 heteroatoms. The number of esters is 2. The van der Waals surface area contributed by atoms with E-state index < -0.39 is 10.9 Å². The molecule has 0 saturated heterocycles. The third-order valence-corrected chi connectivity index (χ3v) is 12.7. The lowest BCUT2D eigenvalue weighted by molar-refractivity contribution is -0.150. The molecule has 0 aliphatic rings. The highest BCUT2D eigenvalue weighted by Crippen LogP contribution is 2.20. The van der Waals surface area contributed by atoms with E-state index in [4.69, 9.17) is 9.47 Å². The van der Waals surface area contributed by atoms with Crippen LogP contribution in [0.5, 0.6) is 0 Å². The van der Waals surface area contributed by atoms with Crippen molar-refractivity contribution in [3.05, 3.63) is 32.6 Å². The molecule has 0 radical (unpaired) electrons. The van der Waals surface area contributed by atoms with E-state index in [-0.39, 0.29) is 24.1 Å². The monoisotopic (exact) mass is 871 g/mol. The number of rotatable bonds is 46. The van der Waals surface area contributed by atoms with Crippen LogP contribution in [0.3, 0.4) is 0 Å². The van der Waals surface area contributed by atoms with Gasteiger partial charge in [0.2, 0.25) is 10.9 Å². The minimum absolute atomic E-state index is 0.00489. The summed E-state index contributed by atoms with van der Waals surface area (Å²) in [5.74, 6) is -0.0392. The molecule has 0 saturated carbocycles. The summed E-state index contributed by atoms with van der Waals surface area (Å²) in [6.45, 7) is 18.1. The van der Waals surface area contributed by atoms with Crippen LogP contribution in [0.1, 0.15) is 265 Å². The molecule has 0 aromatic heterocycles. The van der Waals surface area contributed by atoms with Crippen LogP contribution in [0.2, 0.25) is 0 Å². The van der Waals surface area contributed by atoms with Crippen molar-refractivity contribution in [3.8, 4) is 0 Å². The number of ether oxygens (including phenoxy) is 2. The Hall–Kier alpha value is -2.48. The lowest BCUT2D eigenvalue weighted by Crippen LogP contribution is -2.38. The molecule has 0 aliphatic heterocycles. The van der Waals surface area contributed by atoms with Gasteiger partial charge in [0, 0.05) is 19.4 Å². The standard InChI is InChI=1S/C54H98N2O6/c1-7-11-14-17-22-29-37-47(10-4)61-49(57)40-32-25-20-27-34-43-56(45-36-42-55-52-51(46(5)6)53(59)54(52)60)44-35-28-21-26-33-41-50(58)62-48(38-30-23-18-15-12-8-2)39-31-24-19-16-13-9-3/h47-48,55H,5,7-45H2,1-4,6H3. The van der Waals surface area contributed by atoms with Crippen LogP contribution in [0.15, 0.2) is 16.2 Å². The maximum Gasteiger partial charge on any atom is 0.306 e. The fourth-order valence-corrected chi connectivity index (χ4v) is 8.64. The van der Waals surface area contributed by atoms with E-state index in [0.29, 0.717) is 36.2 Å². The Morgan fingerprint density at radius 2 is 0.871 bits per heavy atom. The number of anilines is 1. The molecule has 0 amide bonds. The highest BCUT2D eigenvalue weighted by molar-refractivity contribution is 5.77. The maximum atomic E-state index is 12.9. The van der Waals surface area contributed by atoms with Gasteiger partial charge in [-0.3, -0.25) is 19.2 Å². The number of nitrogens with zero attached hydrogens (tertiary/aromatic N) is 1. The number of allylic oxidation sites excluding steroid dienone is 1. The van der Waals surface area contributed by atoms with Crippen LogP contribution in [0.4, 0.5) is 5.69 Å². The van der Waals surface area contributed by atoms with Gasteiger partial charge < -0.3 is 19.7 Å². The highest BCUT2D eigenvalue weighted by Gasteiger charge is 2.21. The zero-order valence-corrected chi connectivity index (χ0v) is 41.3. The minimum Gasteiger partial charge on any atom is -0.462 e. The summed E-state index contributed by atoms with van der Waals surface area (Å²) in [5, 5.41) is 3.22. The fraction of sp³-hybridized carbons (Fsp3) is 0.852. The van der Waals surface area contributed by atoms with Crippen molar-refractivity contribution in [2.75, 3.05) is 31.5 Å². The third-order valence-electron chi connectivity index (χ3n) is 12.7. The molecule has 1 unspecified atom stereocenters. The van der Waals surface area contributed by atoms with E-state index in [2.05, 4.69) is 44.5 Å². The predicted octanol–water partition coefficient (Wildman–Crippen LogP) is 14.6. The lowest BCUT2D eigenvalue weighted by atomic mass is 10.0. The van der Waals surface area contributed by atoms with Gasteiger partial charge in [0.1, 0.15) is 12.2 Å². The number of unbranched alkanes of at least 4 members (excludes halogenated alkanes) is 23. The van der Waals surface area contributed by atoms with E-state index >= 15 is 0 Å². The molecule has 0 spiro atoms. The van der Waals surface area contributed by atoms with E-state index in [0.717, 1.165) is 135 Å². The number of carbonyl (C=O) groups is 2. The molecule has 1 atom stereocenters. The molecule has 1 rings (SSSR count). The molecule has 0 bridgehead atoms. The zero-order chi connectivity index (χ0) is 45.5. The third kappa shape index (κ3) is 29.8. The van der Waals surface area contributed by atoms with Crippen molar-refractivity contribution >= 4 is 23.2 Å². The molecule has 360 valence electrons. The Balaban J connectivity index is 2.44. The summed E-state index contributed by atoms with van der Waals surface area (Å²) >= 11 is 0. The maximum absolute atomic E-state index is 12.9. The van der Waals surface area contributed by atoms with Gasteiger partial charge in [-0.2, -0.15) is 0 Å². The summed E-state index contributed by atoms with van der Waals surface area (Å²) in [6.07, 6.45) is 39.4. The number of hydrogen-bond acceptors (Lipinski definition) is 8. The average molecular weight is 871 g/mol. The van der Waals surface area contributed by atoms with Gasteiger partial charge in [0.15, 0.2) is 0 Å². The molecule has 0 aliphatic carbocycles. The van der Waals surface area contributed by atoms with Crippen LogP contribution in [0, 0.1) is 0 Å². The summed E-state index contributed by atoms with van der Waals surface area (Å²) in [5.41, 5.74) is 0.655. The Kier molecular flexibility index (Phi) is 37.2. The molecular weight excluding hydrogens is 773 g/mol. The number of carbonyl (C=O) groups excluding carboxylic acids is 2. The van der Waals surface area contributed by atoms with Gasteiger partial charge in [-0.05, 0) is 109 Å². The van der Waals surface area contributed by atoms with Crippen molar-refractivity contribution < 1.29 is 19.1 Å². The molecule has 8 nitrogen and oxygen atoms in total. The van der Waals surface area contributed by atoms with E-state index in [1.54, 1.807) is 6.92 Å². The first-order valence-electron chi connectivity index (χ1n) is 26.5. The van der Waals surface area contributed by atoms with E-state index in [1.165, 1.54) is 96.3 Å². The number of nitrogens with one attached hydrogen (secondary N) is 1. The quantitative estimate of drug-likeness (QED) is 0.0393. The predicted molar refractivity (Wildman–Crippen MR) is 265 cm³/mol. The van der Waals surface area contributed by atoms with Gasteiger partial charge in [-0.15, -0.1) is 0 Å². The normalized spacial score (nSPS) is 12.1. The van der Waals surface area contributed by atoms with Crippen molar-refractivity contribution in [2.24, 2.45) is 0 Å². The van der Waals surface area contributed by atoms with Crippen molar-refractivity contribution in [1.82, 2.24) is 4.90 Å². The van der Waals surface area contributed by atoms with Gasteiger partial charge in [-0.1, -0.05) is 169 Å². The van der Waals surface area contributed by atoms with Gasteiger partial charge in [0.25, 0.3) is 0 Å². The average Bonchev–Trinajstić information content (AvgIpc) is 3.26. The van der Waals surface area contributed by atoms with Gasteiger partial charge in [-0.25, -0.2) is 0 Å². The van der Waals surface area contributed by atoms with Gasteiger partial charge >= 0.3 is 11.9 Å². The van der Waals surface area contributed by atoms with E-state index in [9.17, 15) is 19.2 Å². The highest BCUT2D eigenvalue weighted by atomic mass is 16.5.